The minimum atomic E-state index is -3.32. The third kappa shape index (κ3) is 6.95. The van der Waals surface area contributed by atoms with Crippen LogP contribution in [0.2, 0.25) is 10.6 Å². The van der Waals surface area contributed by atoms with Crippen LogP contribution in [0, 0.1) is 0 Å². The van der Waals surface area contributed by atoms with Crippen LogP contribution in [0.5, 0.6) is 0 Å². The average molecular weight is 502 g/mol. The van der Waals surface area contributed by atoms with E-state index >= 15 is 0 Å². The van der Waals surface area contributed by atoms with E-state index in [1.807, 2.05) is 24.3 Å². The molecule has 29 heavy (non-hydrogen) atoms. The molecule has 2 aromatic carbocycles. The zero-order valence-corrected chi connectivity index (χ0v) is 20.8. The molecule has 4 nitrogen and oxygen atoms in total. The molecule has 0 unspecified atom stereocenters. The summed E-state index contributed by atoms with van der Waals surface area (Å²) in [5.74, 6) is 0.853. The Hall–Kier alpha value is -1.14. The van der Waals surface area contributed by atoms with E-state index in [4.69, 9.17) is 0 Å². The van der Waals surface area contributed by atoms with Crippen molar-refractivity contribution in [3.63, 3.8) is 0 Å². The Kier molecular flexibility index (Phi) is 8.53. The van der Waals surface area contributed by atoms with E-state index in [2.05, 4.69) is 27.7 Å². The maximum atomic E-state index is 12.5. The summed E-state index contributed by atoms with van der Waals surface area (Å²) in [6.45, 7) is 8.27. The van der Waals surface area contributed by atoms with Gasteiger partial charge in [0, 0.05) is 0 Å². The summed E-state index contributed by atoms with van der Waals surface area (Å²) in [5, 5.41) is 1.03. The first-order chi connectivity index (χ1) is 13.5. The summed E-state index contributed by atoms with van der Waals surface area (Å²) in [6.07, 6.45) is 0. The van der Waals surface area contributed by atoms with Crippen LogP contribution >= 0.6 is 0 Å². The second kappa shape index (κ2) is 10.3. The van der Waals surface area contributed by atoms with E-state index in [1.54, 1.807) is 24.3 Å². The van der Waals surface area contributed by atoms with Crippen LogP contribution in [0.15, 0.2) is 58.3 Å². The summed E-state index contributed by atoms with van der Waals surface area (Å²) in [6, 6.07) is 14.1. The van der Waals surface area contributed by atoms with Gasteiger partial charge < -0.3 is 0 Å². The fourth-order valence-electron chi connectivity index (χ4n) is 2.80. The van der Waals surface area contributed by atoms with Crippen molar-refractivity contribution in [1.29, 1.82) is 0 Å². The monoisotopic (exact) mass is 502 g/mol. The fourth-order valence-corrected chi connectivity index (χ4v) is 9.72. The molecular formula is C22H30O4S2Se. The molecular weight excluding hydrogens is 471 g/mol. The molecule has 0 aromatic heterocycles. The molecule has 7 heteroatoms. The summed E-state index contributed by atoms with van der Waals surface area (Å²) in [7, 11) is -6.64. The zero-order valence-electron chi connectivity index (χ0n) is 17.5. The van der Waals surface area contributed by atoms with Gasteiger partial charge in [0.05, 0.1) is 0 Å². The molecule has 0 radical (unpaired) electrons. The van der Waals surface area contributed by atoms with E-state index in [1.165, 1.54) is 0 Å². The molecule has 0 N–H and O–H groups in total. The molecule has 0 saturated heterocycles. The molecule has 2 rings (SSSR count). The average Bonchev–Trinajstić information content (AvgIpc) is 2.67. The Morgan fingerprint density at radius 2 is 0.931 bits per heavy atom. The predicted octanol–water partition coefficient (Wildman–Crippen LogP) is 4.72. The van der Waals surface area contributed by atoms with E-state index in [-0.39, 0.29) is 26.5 Å². The van der Waals surface area contributed by atoms with Gasteiger partial charge in [0.1, 0.15) is 0 Å². The summed E-state index contributed by atoms with van der Waals surface area (Å²) < 4.78 is 49.9. The Balaban J connectivity index is 1.85. The molecule has 0 aliphatic rings. The van der Waals surface area contributed by atoms with Crippen LogP contribution < -0.4 is 0 Å². The van der Waals surface area contributed by atoms with Crippen LogP contribution in [0.3, 0.4) is 0 Å². The van der Waals surface area contributed by atoms with Gasteiger partial charge in [-0.3, -0.25) is 0 Å². The molecule has 0 bridgehead atoms. The Labute approximate surface area is 182 Å². The van der Waals surface area contributed by atoms with Crippen LogP contribution in [-0.2, 0) is 19.7 Å². The SMILES string of the molecule is CC(C)c1ccc(S(=O)(=O)CC[Se]CCS(=O)(=O)c2ccc(C(C)C)cc2)cc1. The molecule has 0 atom stereocenters. The Morgan fingerprint density at radius 3 is 1.21 bits per heavy atom. The number of rotatable bonds is 10. The summed E-state index contributed by atoms with van der Waals surface area (Å²) in [4.78, 5) is 0.686. The van der Waals surface area contributed by atoms with E-state index in [0.29, 0.717) is 32.3 Å². The van der Waals surface area contributed by atoms with Crippen molar-refractivity contribution in [3.8, 4) is 0 Å². The molecule has 0 spiro atoms. The third-order valence-electron chi connectivity index (χ3n) is 4.80. The summed E-state index contributed by atoms with van der Waals surface area (Å²) in [5.41, 5.74) is 2.22. The quantitative estimate of drug-likeness (QED) is 0.349. The molecule has 0 fully saturated rings. The zero-order chi connectivity index (χ0) is 21.7. The van der Waals surface area contributed by atoms with Crippen molar-refractivity contribution < 1.29 is 16.8 Å². The topological polar surface area (TPSA) is 68.3 Å². The second-order valence-corrected chi connectivity index (χ2v) is 14.5. The van der Waals surface area contributed by atoms with Crippen LogP contribution in [0.1, 0.15) is 50.7 Å². The van der Waals surface area contributed by atoms with Crippen LogP contribution in [-0.4, -0.2) is 43.3 Å². The normalized spacial score (nSPS) is 12.6. The van der Waals surface area contributed by atoms with Gasteiger partial charge in [-0.1, -0.05) is 0 Å². The predicted molar refractivity (Wildman–Crippen MR) is 121 cm³/mol. The number of hydrogen-bond donors (Lipinski definition) is 0. The molecule has 0 amide bonds. The molecule has 0 heterocycles. The van der Waals surface area contributed by atoms with Gasteiger partial charge in [0.25, 0.3) is 0 Å². The van der Waals surface area contributed by atoms with Crippen LogP contribution in [0.25, 0.3) is 0 Å². The van der Waals surface area contributed by atoms with Gasteiger partial charge in [0.2, 0.25) is 0 Å². The molecule has 0 aliphatic heterocycles. The molecule has 2 aromatic rings. The van der Waals surface area contributed by atoms with E-state index < -0.39 is 19.7 Å². The Bertz CT molecular complexity index is 908. The van der Waals surface area contributed by atoms with Crippen LogP contribution in [0.4, 0.5) is 0 Å². The molecule has 0 saturated carbocycles. The molecule has 0 aliphatic carbocycles. The van der Waals surface area contributed by atoms with Crippen molar-refractivity contribution >= 4 is 34.6 Å². The number of sulfone groups is 2. The Morgan fingerprint density at radius 1 is 0.621 bits per heavy atom. The first kappa shape index (κ1) is 24.1. The standard InChI is InChI=1S/C22H30O4S2Se/c1-17(2)19-5-9-21(10-6-19)27(23,24)13-15-29-16-14-28(25,26)22-11-7-20(8-12-22)18(3)4/h5-12,17-18H,13-16H2,1-4H3. The maximum absolute atomic E-state index is 12.5. The third-order valence-corrected chi connectivity index (χ3v) is 11.5. The van der Waals surface area contributed by atoms with Gasteiger partial charge in [-0.25, -0.2) is 0 Å². The van der Waals surface area contributed by atoms with E-state index in [0.717, 1.165) is 11.1 Å². The van der Waals surface area contributed by atoms with Gasteiger partial charge >= 0.3 is 183 Å². The number of hydrogen-bond acceptors (Lipinski definition) is 4. The van der Waals surface area contributed by atoms with Crippen molar-refractivity contribution in [2.45, 2.75) is 60.0 Å². The minimum absolute atomic E-state index is 0.0319. The molecule has 160 valence electrons. The second-order valence-electron chi connectivity index (χ2n) is 7.70. The van der Waals surface area contributed by atoms with Gasteiger partial charge in [-0.2, -0.15) is 0 Å². The van der Waals surface area contributed by atoms with Crippen molar-refractivity contribution in [2.75, 3.05) is 11.5 Å². The number of benzene rings is 2. The van der Waals surface area contributed by atoms with Gasteiger partial charge in [-0.05, 0) is 0 Å². The van der Waals surface area contributed by atoms with Crippen molar-refractivity contribution in [2.24, 2.45) is 0 Å². The first-order valence-corrected chi connectivity index (χ1v) is 15.5. The van der Waals surface area contributed by atoms with Crippen molar-refractivity contribution in [3.05, 3.63) is 59.7 Å². The fraction of sp³-hybridized carbons (Fsp3) is 0.455. The first-order valence-electron chi connectivity index (χ1n) is 9.76. The van der Waals surface area contributed by atoms with E-state index in [9.17, 15) is 16.8 Å². The van der Waals surface area contributed by atoms with Crippen molar-refractivity contribution in [1.82, 2.24) is 0 Å². The van der Waals surface area contributed by atoms with Gasteiger partial charge in [0.15, 0.2) is 0 Å². The summed E-state index contributed by atoms with van der Waals surface area (Å²) >= 11 is -0.0319. The van der Waals surface area contributed by atoms with Gasteiger partial charge in [-0.15, -0.1) is 0 Å².